The summed E-state index contributed by atoms with van der Waals surface area (Å²) in [5.74, 6) is -0.562. The summed E-state index contributed by atoms with van der Waals surface area (Å²) in [6.45, 7) is 6.47. The zero-order valence-electron chi connectivity index (χ0n) is 44.8. The molecule has 0 saturated carbocycles. The minimum atomic E-state index is -0.810. The molecule has 0 aliphatic heterocycles. The fraction of sp³-hybridized carbons (Fsp3) is 0.836. The number of nitrogens with one attached hydrogen (secondary N) is 1. The number of aliphatic hydroxyl groups excluding tert-OH is 2. The van der Waals surface area contributed by atoms with Crippen molar-refractivity contribution in [3.63, 3.8) is 0 Å². The average molecular weight is 941 g/mol. The van der Waals surface area contributed by atoms with Crippen LogP contribution in [0.25, 0.3) is 0 Å². The smallest absolute Gasteiger partial charge is 0.306 e. The summed E-state index contributed by atoms with van der Waals surface area (Å²) >= 11 is 0. The van der Waals surface area contributed by atoms with E-state index in [0.29, 0.717) is 19.3 Å². The predicted molar refractivity (Wildman–Crippen MR) is 292 cm³/mol. The second kappa shape index (κ2) is 54.8. The number of hydrogen-bond acceptors (Lipinski definition) is 5. The standard InChI is InChI=1S/C61H113NO5/c1-4-7-10-13-16-19-22-25-28-30-33-36-39-42-45-48-51-54-61(66)67-57(52-49-46-43-40-37-34-31-27-24-21-18-15-12-9-6-3)55-60(65)62-58(56-63)59(64)53-50-47-44-41-38-35-32-29-26-23-20-17-14-11-8-5-2/h18,21,27,31,37,40,46,49,57-59,63-64H,4-17,19-20,22-26,28-30,32-36,38-39,41-45,47-48,50-56H2,1-3H3,(H,62,65)/b21-18-,31-27-,40-37-,49-46-. The second-order valence-electron chi connectivity index (χ2n) is 20.1. The van der Waals surface area contributed by atoms with Crippen LogP contribution in [0.15, 0.2) is 48.6 Å². The number of unbranched alkanes of at least 4 members (excludes halogenated alkanes) is 34. The third-order valence-electron chi connectivity index (χ3n) is 13.4. The molecule has 0 aliphatic rings. The van der Waals surface area contributed by atoms with Gasteiger partial charge in [0.15, 0.2) is 0 Å². The van der Waals surface area contributed by atoms with Crippen molar-refractivity contribution in [2.75, 3.05) is 6.61 Å². The van der Waals surface area contributed by atoms with E-state index in [1.807, 2.05) is 6.08 Å². The van der Waals surface area contributed by atoms with Crippen molar-refractivity contribution in [3.8, 4) is 0 Å². The van der Waals surface area contributed by atoms with Crippen LogP contribution in [0.1, 0.15) is 303 Å². The van der Waals surface area contributed by atoms with Crippen LogP contribution in [0.2, 0.25) is 0 Å². The van der Waals surface area contributed by atoms with Gasteiger partial charge in [-0.15, -0.1) is 0 Å². The first-order chi connectivity index (χ1) is 33.0. The van der Waals surface area contributed by atoms with Crippen LogP contribution >= 0.6 is 0 Å². The third kappa shape index (κ3) is 50.0. The van der Waals surface area contributed by atoms with E-state index in [2.05, 4.69) is 68.6 Å². The van der Waals surface area contributed by atoms with E-state index in [0.717, 1.165) is 57.8 Å². The first-order valence-corrected chi connectivity index (χ1v) is 29.4. The Balaban J connectivity index is 4.61. The lowest BCUT2D eigenvalue weighted by Crippen LogP contribution is -2.46. The van der Waals surface area contributed by atoms with Gasteiger partial charge in [0.05, 0.1) is 25.2 Å². The molecule has 6 heteroatoms. The quantitative estimate of drug-likeness (QED) is 0.0321. The molecule has 3 atom stereocenters. The molecule has 0 heterocycles. The maximum atomic E-state index is 13.2. The highest BCUT2D eigenvalue weighted by atomic mass is 16.5. The maximum Gasteiger partial charge on any atom is 0.306 e. The van der Waals surface area contributed by atoms with E-state index in [4.69, 9.17) is 4.74 Å². The van der Waals surface area contributed by atoms with Crippen LogP contribution in [0.5, 0.6) is 0 Å². The van der Waals surface area contributed by atoms with Crippen molar-refractivity contribution in [1.82, 2.24) is 5.32 Å². The van der Waals surface area contributed by atoms with Crippen molar-refractivity contribution in [2.24, 2.45) is 0 Å². The highest BCUT2D eigenvalue weighted by Gasteiger charge is 2.23. The minimum absolute atomic E-state index is 0.00504. The third-order valence-corrected chi connectivity index (χ3v) is 13.4. The lowest BCUT2D eigenvalue weighted by Gasteiger charge is -2.24. The molecule has 67 heavy (non-hydrogen) atoms. The van der Waals surface area contributed by atoms with Crippen molar-refractivity contribution in [1.29, 1.82) is 0 Å². The molecule has 0 bridgehead atoms. The van der Waals surface area contributed by atoms with Gasteiger partial charge in [-0.25, -0.2) is 0 Å². The van der Waals surface area contributed by atoms with E-state index < -0.39 is 18.2 Å². The molecule has 0 fully saturated rings. The number of hydrogen-bond donors (Lipinski definition) is 3. The molecule has 3 unspecified atom stereocenters. The van der Waals surface area contributed by atoms with Crippen molar-refractivity contribution < 1.29 is 24.5 Å². The summed E-state index contributed by atoms with van der Waals surface area (Å²) in [7, 11) is 0. The molecule has 392 valence electrons. The number of ether oxygens (including phenoxy) is 1. The van der Waals surface area contributed by atoms with Gasteiger partial charge < -0.3 is 20.3 Å². The van der Waals surface area contributed by atoms with E-state index in [1.54, 1.807) is 0 Å². The lowest BCUT2D eigenvalue weighted by molar-refractivity contribution is -0.150. The summed E-state index contributed by atoms with van der Waals surface area (Å²) in [6.07, 6.45) is 67.7. The van der Waals surface area contributed by atoms with Gasteiger partial charge >= 0.3 is 5.97 Å². The number of carbonyl (C=O) groups excluding carboxylic acids is 2. The first kappa shape index (κ1) is 64.8. The van der Waals surface area contributed by atoms with E-state index in [9.17, 15) is 19.8 Å². The monoisotopic (exact) mass is 940 g/mol. The highest BCUT2D eigenvalue weighted by molar-refractivity contribution is 5.77. The molecule has 1 amide bonds. The van der Waals surface area contributed by atoms with Crippen LogP contribution in [-0.2, 0) is 14.3 Å². The molecule has 0 aromatic rings. The van der Waals surface area contributed by atoms with Gasteiger partial charge in [0.2, 0.25) is 5.91 Å². The van der Waals surface area contributed by atoms with Gasteiger partial charge in [-0.1, -0.05) is 288 Å². The van der Waals surface area contributed by atoms with Gasteiger partial charge in [0.25, 0.3) is 0 Å². The second-order valence-corrected chi connectivity index (χ2v) is 20.1. The molecule has 0 aromatic heterocycles. The Morgan fingerprint density at radius 3 is 1.19 bits per heavy atom. The Hall–Kier alpha value is -2.18. The van der Waals surface area contributed by atoms with E-state index >= 15 is 0 Å². The van der Waals surface area contributed by atoms with Gasteiger partial charge in [0.1, 0.15) is 6.10 Å². The number of aliphatic hydroxyl groups is 2. The lowest BCUT2D eigenvalue weighted by atomic mass is 10.0. The van der Waals surface area contributed by atoms with Crippen LogP contribution < -0.4 is 5.32 Å². The predicted octanol–water partition coefficient (Wildman–Crippen LogP) is 18.2. The first-order valence-electron chi connectivity index (χ1n) is 29.4. The van der Waals surface area contributed by atoms with Crippen molar-refractivity contribution in [2.45, 2.75) is 322 Å². The largest absolute Gasteiger partial charge is 0.461 e. The summed E-state index contributed by atoms with van der Waals surface area (Å²) < 4.78 is 5.90. The molecule has 0 saturated heterocycles. The molecular formula is C61H113NO5. The molecule has 0 aliphatic carbocycles. The molecule has 6 nitrogen and oxygen atoms in total. The van der Waals surface area contributed by atoms with Crippen LogP contribution in [0.3, 0.4) is 0 Å². The summed E-state index contributed by atoms with van der Waals surface area (Å²) in [5.41, 5.74) is 0. The van der Waals surface area contributed by atoms with Gasteiger partial charge in [-0.05, 0) is 44.9 Å². The minimum Gasteiger partial charge on any atom is -0.461 e. The fourth-order valence-electron chi connectivity index (χ4n) is 8.94. The Labute approximate surface area is 416 Å². The van der Waals surface area contributed by atoms with Crippen LogP contribution in [0.4, 0.5) is 0 Å². The van der Waals surface area contributed by atoms with Crippen LogP contribution in [0, 0.1) is 0 Å². The number of esters is 1. The SMILES string of the molecule is CCCCC/C=C\C/C=C\C/C=C\C/C=C\CC(CC(=O)NC(CO)C(O)CCCCCCCCCCCCCCCCCC)OC(=O)CCCCCCCCCCCCCCCCCCC. The van der Waals surface area contributed by atoms with E-state index in [1.165, 1.54) is 199 Å². The molecule has 0 radical (unpaired) electrons. The number of carbonyl (C=O) groups is 2. The van der Waals surface area contributed by atoms with E-state index in [-0.39, 0.29) is 24.9 Å². The Morgan fingerprint density at radius 1 is 0.448 bits per heavy atom. The van der Waals surface area contributed by atoms with Gasteiger partial charge in [0, 0.05) is 12.8 Å². The molecule has 0 rings (SSSR count). The van der Waals surface area contributed by atoms with Crippen molar-refractivity contribution in [3.05, 3.63) is 48.6 Å². The van der Waals surface area contributed by atoms with Gasteiger partial charge in [-0.3, -0.25) is 9.59 Å². The normalized spacial score (nSPS) is 13.4. The molecule has 3 N–H and O–H groups in total. The maximum absolute atomic E-state index is 13.2. The number of allylic oxidation sites excluding steroid dienone is 7. The average Bonchev–Trinajstić information content (AvgIpc) is 3.32. The Bertz CT molecular complexity index is 1150. The molecular weight excluding hydrogens is 827 g/mol. The fourth-order valence-corrected chi connectivity index (χ4v) is 8.94. The number of rotatable bonds is 53. The van der Waals surface area contributed by atoms with Crippen molar-refractivity contribution >= 4 is 11.9 Å². The summed E-state index contributed by atoms with van der Waals surface area (Å²) in [4.78, 5) is 26.2. The molecule has 0 spiro atoms. The Kier molecular flexibility index (Phi) is 53.0. The summed E-state index contributed by atoms with van der Waals surface area (Å²) in [5, 5.41) is 23.9. The Morgan fingerprint density at radius 2 is 0.791 bits per heavy atom. The highest BCUT2D eigenvalue weighted by Crippen LogP contribution is 2.18. The number of amides is 1. The van der Waals surface area contributed by atoms with Crippen LogP contribution in [-0.4, -0.2) is 46.9 Å². The summed E-state index contributed by atoms with van der Waals surface area (Å²) in [6, 6.07) is -0.730. The zero-order chi connectivity index (χ0) is 48.8. The topological polar surface area (TPSA) is 95.9 Å². The molecule has 0 aromatic carbocycles. The zero-order valence-corrected chi connectivity index (χ0v) is 44.8. The van der Waals surface area contributed by atoms with Gasteiger partial charge in [-0.2, -0.15) is 0 Å².